The zero-order valence-corrected chi connectivity index (χ0v) is 16.5. The number of anilines is 1. The van der Waals surface area contributed by atoms with E-state index in [1.54, 1.807) is 18.2 Å². The number of carbonyl (C=O) groups excluding carboxylic acids is 1. The van der Waals surface area contributed by atoms with E-state index in [4.69, 9.17) is 10.5 Å². The normalized spacial score (nSPS) is 16.7. The van der Waals surface area contributed by atoms with E-state index in [0.717, 1.165) is 35.9 Å². The van der Waals surface area contributed by atoms with Crippen LogP contribution in [0.15, 0.2) is 48.5 Å². The Balaban J connectivity index is 1.55. The number of amides is 1. The van der Waals surface area contributed by atoms with Gasteiger partial charge in [0.15, 0.2) is 0 Å². The van der Waals surface area contributed by atoms with E-state index in [2.05, 4.69) is 4.98 Å². The Morgan fingerprint density at radius 3 is 2.90 bits per heavy atom. The van der Waals surface area contributed by atoms with Gasteiger partial charge in [-0.2, -0.15) is 0 Å². The molecule has 0 bridgehead atoms. The average molecular weight is 391 g/mol. The molecule has 0 saturated carbocycles. The van der Waals surface area contributed by atoms with Gasteiger partial charge in [-0.05, 0) is 62.6 Å². The highest BCUT2D eigenvalue weighted by atomic mass is 16.5. The van der Waals surface area contributed by atoms with E-state index in [1.165, 1.54) is 6.07 Å². The van der Waals surface area contributed by atoms with Gasteiger partial charge in [0.25, 0.3) is 5.91 Å². The molecule has 1 aromatic heterocycles. The van der Waals surface area contributed by atoms with Crippen LogP contribution in [0.1, 0.15) is 35.3 Å². The number of benzene rings is 2. The summed E-state index contributed by atoms with van der Waals surface area (Å²) in [6.07, 6.45) is 2.89. The second-order valence-electron chi connectivity index (χ2n) is 7.51. The lowest BCUT2D eigenvalue weighted by Crippen LogP contribution is -2.46. The standard InChI is InChI=1S/C23H25N3O3/c1-15-12-19(24)22-20(25-15)9-5-10-21(22)29-14-17-7-2-3-11-26(17)23(28)16-6-4-8-18(27)13-16/h4-6,8-10,12-13,17,27H,2-3,7,11,14H2,1H3,(H2,24,25). The summed E-state index contributed by atoms with van der Waals surface area (Å²) in [5.41, 5.74) is 9.02. The van der Waals surface area contributed by atoms with Crippen molar-refractivity contribution in [3.63, 3.8) is 0 Å². The number of hydrogen-bond acceptors (Lipinski definition) is 5. The molecule has 2 heterocycles. The van der Waals surface area contributed by atoms with Gasteiger partial charge < -0.3 is 20.5 Å². The number of aromatic nitrogens is 1. The van der Waals surface area contributed by atoms with Gasteiger partial charge in [-0.3, -0.25) is 9.78 Å². The Morgan fingerprint density at radius 1 is 1.24 bits per heavy atom. The largest absolute Gasteiger partial charge is 0.508 e. The Kier molecular flexibility index (Phi) is 5.25. The molecule has 29 heavy (non-hydrogen) atoms. The van der Waals surface area contributed by atoms with Gasteiger partial charge in [-0.15, -0.1) is 0 Å². The number of likely N-dealkylation sites (tertiary alicyclic amines) is 1. The van der Waals surface area contributed by atoms with Crippen molar-refractivity contribution in [1.82, 2.24) is 9.88 Å². The summed E-state index contributed by atoms with van der Waals surface area (Å²) in [7, 11) is 0. The fraction of sp³-hybridized carbons (Fsp3) is 0.304. The first kappa shape index (κ1) is 19.1. The van der Waals surface area contributed by atoms with Crippen LogP contribution < -0.4 is 10.5 Å². The fourth-order valence-electron chi connectivity index (χ4n) is 3.97. The van der Waals surface area contributed by atoms with E-state index < -0.39 is 0 Å². The molecule has 1 atom stereocenters. The molecule has 6 nitrogen and oxygen atoms in total. The van der Waals surface area contributed by atoms with Crippen molar-refractivity contribution in [2.45, 2.75) is 32.2 Å². The summed E-state index contributed by atoms with van der Waals surface area (Å²) in [5.74, 6) is 0.696. The number of nitrogens with two attached hydrogens (primary N) is 1. The quantitative estimate of drug-likeness (QED) is 0.704. The lowest BCUT2D eigenvalue weighted by Gasteiger charge is -2.35. The van der Waals surface area contributed by atoms with Gasteiger partial charge in [0.2, 0.25) is 0 Å². The maximum absolute atomic E-state index is 13.0. The van der Waals surface area contributed by atoms with E-state index in [-0.39, 0.29) is 17.7 Å². The molecule has 1 aliphatic heterocycles. The summed E-state index contributed by atoms with van der Waals surface area (Å²) < 4.78 is 6.16. The van der Waals surface area contributed by atoms with Crippen LogP contribution >= 0.6 is 0 Å². The smallest absolute Gasteiger partial charge is 0.254 e. The van der Waals surface area contributed by atoms with Gasteiger partial charge in [0.1, 0.15) is 18.1 Å². The topological polar surface area (TPSA) is 88.7 Å². The third kappa shape index (κ3) is 3.97. The van der Waals surface area contributed by atoms with Crippen molar-refractivity contribution in [3.8, 4) is 11.5 Å². The summed E-state index contributed by atoms with van der Waals surface area (Å²) in [6.45, 7) is 2.98. The molecule has 1 unspecified atom stereocenters. The van der Waals surface area contributed by atoms with Crippen LogP contribution in [0, 0.1) is 6.92 Å². The number of phenols is 1. The summed E-state index contributed by atoms with van der Waals surface area (Å²) in [6, 6.07) is 14.0. The van der Waals surface area contributed by atoms with Crippen molar-refractivity contribution in [2.75, 3.05) is 18.9 Å². The number of aryl methyl sites for hydroxylation is 1. The summed E-state index contributed by atoms with van der Waals surface area (Å²) in [4.78, 5) is 19.4. The number of rotatable bonds is 4. The van der Waals surface area contributed by atoms with Crippen LogP contribution in [0.2, 0.25) is 0 Å². The summed E-state index contributed by atoms with van der Waals surface area (Å²) >= 11 is 0. The van der Waals surface area contributed by atoms with Crippen LogP contribution in [0.25, 0.3) is 10.9 Å². The molecule has 1 saturated heterocycles. The zero-order valence-electron chi connectivity index (χ0n) is 16.5. The number of fused-ring (bicyclic) bond motifs is 1. The molecule has 150 valence electrons. The summed E-state index contributed by atoms with van der Waals surface area (Å²) in [5, 5.41) is 10.5. The Hall–Kier alpha value is -3.28. The Morgan fingerprint density at radius 2 is 2.07 bits per heavy atom. The first-order valence-corrected chi connectivity index (χ1v) is 9.91. The molecule has 0 spiro atoms. The van der Waals surface area contributed by atoms with Crippen molar-refractivity contribution >= 4 is 22.5 Å². The molecule has 1 fully saturated rings. The van der Waals surface area contributed by atoms with Crippen molar-refractivity contribution in [3.05, 3.63) is 59.8 Å². The molecular weight excluding hydrogens is 366 g/mol. The number of pyridine rings is 1. The molecule has 0 aliphatic carbocycles. The zero-order chi connectivity index (χ0) is 20.4. The molecule has 1 amide bonds. The van der Waals surface area contributed by atoms with Crippen LogP contribution in [0.4, 0.5) is 5.69 Å². The molecule has 1 aliphatic rings. The first-order chi connectivity index (χ1) is 14.0. The minimum atomic E-state index is -0.0797. The molecule has 3 aromatic rings. The van der Waals surface area contributed by atoms with Crippen molar-refractivity contribution < 1.29 is 14.6 Å². The van der Waals surface area contributed by atoms with Crippen LogP contribution in [0.3, 0.4) is 0 Å². The lowest BCUT2D eigenvalue weighted by atomic mass is 10.0. The lowest BCUT2D eigenvalue weighted by molar-refractivity contribution is 0.0529. The van der Waals surface area contributed by atoms with Gasteiger partial charge in [-0.25, -0.2) is 0 Å². The fourth-order valence-corrected chi connectivity index (χ4v) is 3.97. The Labute approximate surface area is 169 Å². The molecular formula is C23H25N3O3. The second kappa shape index (κ2) is 7.99. The third-order valence-electron chi connectivity index (χ3n) is 5.37. The van der Waals surface area contributed by atoms with Gasteiger partial charge in [0.05, 0.1) is 16.9 Å². The second-order valence-corrected chi connectivity index (χ2v) is 7.51. The number of hydrogen-bond donors (Lipinski definition) is 2. The maximum Gasteiger partial charge on any atom is 0.254 e. The van der Waals surface area contributed by atoms with E-state index in [1.807, 2.05) is 36.1 Å². The monoisotopic (exact) mass is 391 g/mol. The predicted octanol–water partition coefficient (Wildman–Crippen LogP) is 3.90. The number of nitrogens with zero attached hydrogens (tertiary/aromatic N) is 2. The number of phenolic OH excluding ortho intramolecular Hbond substituents is 1. The number of carbonyl (C=O) groups is 1. The van der Waals surface area contributed by atoms with Crippen LogP contribution in [-0.2, 0) is 0 Å². The SMILES string of the molecule is Cc1cc(N)c2c(OCC3CCCCN3C(=O)c3cccc(O)c3)cccc2n1. The maximum atomic E-state index is 13.0. The molecule has 0 radical (unpaired) electrons. The predicted molar refractivity (Wildman–Crippen MR) is 113 cm³/mol. The van der Waals surface area contributed by atoms with Crippen molar-refractivity contribution in [2.24, 2.45) is 0 Å². The van der Waals surface area contributed by atoms with Crippen LogP contribution in [0.5, 0.6) is 11.5 Å². The molecule has 2 aromatic carbocycles. The molecule has 6 heteroatoms. The van der Waals surface area contributed by atoms with E-state index >= 15 is 0 Å². The van der Waals surface area contributed by atoms with Crippen molar-refractivity contribution in [1.29, 1.82) is 0 Å². The van der Waals surface area contributed by atoms with Crippen LogP contribution in [-0.4, -0.2) is 40.1 Å². The highest BCUT2D eigenvalue weighted by Gasteiger charge is 2.28. The highest BCUT2D eigenvalue weighted by molar-refractivity contribution is 5.96. The van der Waals surface area contributed by atoms with E-state index in [9.17, 15) is 9.90 Å². The Bertz CT molecular complexity index is 1050. The number of piperidine rings is 1. The minimum absolute atomic E-state index is 0.0338. The van der Waals surface area contributed by atoms with Gasteiger partial charge in [-0.1, -0.05) is 12.1 Å². The number of ether oxygens (including phenoxy) is 1. The number of aromatic hydroxyl groups is 1. The van der Waals surface area contributed by atoms with Gasteiger partial charge in [0, 0.05) is 23.5 Å². The minimum Gasteiger partial charge on any atom is -0.508 e. The third-order valence-corrected chi connectivity index (χ3v) is 5.37. The molecule has 4 rings (SSSR count). The average Bonchev–Trinajstić information content (AvgIpc) is 2.71. The molecule has 3 N–H and O–H groups in total. The first-order valence-electron chi connectivity index (χ1n) is 9.91. The highest BCUT2D eigenvalue weighted by Crippen LogP contribution is 2.31. The van der Waals surface area contributed by atoms with Gasteiger partial charge >= 0.3 is 0 Å². The van der Waals surface area contributed by atoms with E-state index in [0.29, 0.717) is 30.2 Å². The number of nitrogen functional groups attached to an aromatic ring is 1.